The highest BCUT2D eigenvalue weighted by Gasteiger charge is 2.22. The second-order valence-electron chi connectivity index (χ2n) is 5.90. The van der Waals surface area contributed by atoms with E-state index in [0.29, 0.717) is 12.6 Å². The Hall–Kier alpha value is -0.220. The van der Waals surface area contributed by atoms with Crippen LogP contribution in [0.1, 0.15) is 46.5 Å². The Labute approximate surface area is 109 Å². The highest BCUT2D eigenvalue weighted by Crippen LogP contribution is 2.26. The first-order valence-electron chi connectivity index (χ1n) is 6.48. The molecule has 1 aliphatic carbocycles. The molecule has 1 rings (SSSR count). The molecule has 100 valence electrons. The fraction of sp³-hybridized carbons (Fsp3) is 0.923. The predicted octanol–water partition coefficient (Wildman–Crippen LogP) is 2.16. The third kappa shape index (κ3) is 6.32. The Morgan fingerprint density at radius 2 is 2.06 bits per heavy atom. The summed E-state index contributed by atoms with van der Waals surface area (Å²) in [4.78, 5) is 11.7. The van der Waals surface area contributed by atoms with Gasteiger partial charge in [-0.3, -0.25) is 4.79 Å². The number of thioether (sulfide) groups is 1. The van der Waals surface area contributed by atoms with E-state index in [4.69, 9.17) is 0 Å². The molecular formula is C13H26N2OS. The molecule has 2 N–H and O–H groups in total. The molecule has 1 saturated carbocycles. The van der Waals surface area contributed by atoms with Gasteiger partial charge in [-0.15, -0.1) is 0 Å². The van der Waals surface area contributed by atoms with Crippen LogP contribution in [-0.2, 0) is 4.79 Å². The van der Waals surface area contributed by atoms with Crippen LogP contribution in [0.5, 0.6) is 0 Å². The Morgan fingerprint density at radius 3 is 2.65 bits per heavy atom. The van der Waals surface area contributed by atoms with E-state index in [2.05, 4.69) is 16.9 Å². The van der Waals surface area contributed by atoms with Crippen LogP contribution in [0.4, 0.5) is 0 Å². The smallest absolute Gasteiger partial charge is 0.234 e. The molecule has 0 aromatic rings. The van der Waals surface area contributed by atoms with Crippen molar-refractivity contribution in [3.8, 4) is 0 Å². The van der Waals surface area contributed by atoms with E-state index >= 15 is 0 Å². The highest BCUT2D eigenvalue weighted by molar-refractivity contribution is 7.99. The van der Waals surface area contributed by atoms with Crippen LogP contribution < -0.4 is 10.6 Å². The molecule has 2 atom stereocenters. The Morgan fingerprint density at radius 1 is 1.35 bits per heavy atom. The number of nitrogens with one attached hydrogen (secondary N) is 2. The fourth-order valence-electron chi connectivity index (χ4n) is 2.24. The van der Waals surface area contributed by atoms with Crippen LogP contribution in [0.25, 0.3) is 0 Å². The Balaban J connectivity index is 2.23. The van der Waals surface area contributed by atoms with Gasteiger partial charge in [0.05, 0.1) is 6.54 Å². The van der Waals surface area contributed by atoms with Crippen LogP contribution >= 0.6 is 11.8 Å². The molecule has 0 heterocycles. The minimum atomic E-state index is -0.132. The van der Waals surface area contributed by atoms with Gasteiger partial charge < -0.3 is 10.6 Å². The van der Waals surface area contributed by atoms with E-state index < -0.39 is 0 Å². The maximum Gasteiger partial charge on any atom is 0.234 e. The van der Waals surface area contributed by atoms with Crippen molar-refractivity contribution < 1.29 is 4.79 Å². The van der Waals surface area contributed by atoms with E-state index in [1.54, 1.807) is 0 Å². The third-order valence-electron chi connectivity index (χ3n) is 3.03. The molecule has 3 nitrogen and oxygen atoms in total. The average molecular weight is 258 g/mol. The summed E-state index contributed by atoms with van der Waals surface area (Å²) < 4.78 is 0. The van der Waals surface area contributed by atoms with Crippen LogP contribution in [0, 0.1) is 0 Å². The van der Waals surface area contributed by atoms with Crippen LogP contribution in [0.2, 0.25) is 0 Å². The van der Waals surface area contributed by atoms with Crippen molar-refractivity contribution in [2.75, 3.05) is 12.8 Å². The van der Waals surface area contributed by atoms with Gasteiger partial charge in [0.15, 0.2) is 0 Å². The molecule has 4 heteroatoms. The van der Waals surface area contributed by atoms with E-state index in [1.807, 2.05) is 32.5 Å². The minimum absolute atomic E-state index is 0.101. The fourth-order valence-corrected chi connectivity index (χ4v) is 3.07. The van der Waals surface area contributed by atoms with Gasteiger partial charge in [0, 0.05) is 16.8 Å². The number of hydrogen-bond acceptors (Lipinski definition) is 3. The molecule has 17 heavy (non-hydrogen) atoms. The third-order valence-corrected chi connectivity index (χ3v) is 4.12. The van der Waals surface area contributed by atoms with Crippen LogP contribution in [0.3, 0.4) is 0 Å². The maximum atomic E-state index is 11.7. The summed E-state index contributed by atoms with van der Waals surface area (Å²) in [5, 5.41) is 7.13. The monoisotopic (exact) mass is 258 g/mol. The van der Waals surface area contributed by atoms with Crippen LogP contribution in [0.15, 0.2) is 0 Å². The topological polar surface area (TPSA) is 41.1 Å². The minimum Gasteiger partial charge on any atom is -0.350 e. The largest absolute Gasteiger partial charge is 0.350 e. The van der Waals surface area contributed by atoms with Gasteiger partial charge in [0.2, 0.25) is 5.91 Å². The Kier molecular flexibility index (Phi) is 5.80. The molecule has 1 fully saturated rings. The zero-order valence-corrected chi connectivity index (χ0v) is 12.3. The van der Waals surface area contributed by atoms with Crippen molar-refractivity contribution >= 4 is 17.7 Å². The summed E-state index contributed by atoms with van der Waals surface area (Å²) in [6.07, 6.45) is 7.20. The van der Waals surface area contributed by atoms with Crippen molar-refractivity contribution in [3.05, 3.63) is 0 Å². The molecular weight excluding hydrogens is 232 g/mol. The standard InChI is InChI=1S/C13H26N2OS/c1-13(2,3)15-12(16)9-14-10-6-5-7-11(8-10)17-4/h10-11,14H,5-9H2,1-4H3,(H,15,16). The van der Waals surface area contributed by atoms with Crippen molar-refractivity contribution in [1.82, 2.24) is 10.6 Å². The van der Waals surface area contributed by atoms with Crippen molar-refractivity contribution in [2.24, 2.45) is 0 Å². The number of carbonyl (C=O) groups excluding carboxylic acids is 1. The molecule has 1 amide bonds. The van der Waals surface area contributed by atoms with Gasteiger partial charge in [-0.1, -0.05) is 6.42 Å². The predicted molar refractivity (Wildman–Crippen MR) is 75.5 cm³/mol. The van der Waals surface area contributed by atoms with Gasteiger partial charge in [-0.2, -0.15) is 11.8 Å². The van der Waals surface area contributed by atoms with Gasteiger partial charge in [-0.05, 0) is 46.3 Å². The summed E-state index contributed by atoms with van der Waals surface area (Å²) in [6.45, 7) is 6.48. The molecule has 1 aliphatic rings. The maximum absolute atomic E-state index is 11.7. The van der Waals surface area contributed by atoms with E-state index in [1.165, 1.54) is 25.7 Å². The quantitative estimate of drug-likeness (QED) is 0.812. The van der Waals surface area contributed by atoms with Crippen molar-refractivity contribution in [2.45, 2.75) is 63.3 Å². The first-order chi connectivity index (χ1) is 7.90. The first-order valence-corrected chi connectivity index (χ1v) is 7.76. The SMILES string of the molecule is CSC1CCCC(NCC(=O)NC(C)(C)C)C1. The summed E-state index contributed by atoms with van der Waals surface area (Å²) >= 11 is 1.95. The number of hydrogen-bond donors (Lipinski definition) is 2. The molecule has 0 aliphatic heterocycles. The summed E-state index contributed by atoms with van der Waals surface area (Å²) in [5.74, 6) is 0.101. The van der Waals surface area contributed by atoms with Gasteiger partial charge in [0.1, 0.15) is 0 Å². The lowest BCUT2D eigenvalue weighted by Crippen LogP contribution is -2.47. The normalized spacial score (nSPS) is 25.6. The van der Waals surface area contributed by atoms with Gasteiger partial charge in [0.25, 0.3) is 0 Å². The molecule has 2 unspecified atom stereocenters. The lowest BCUT2D eigenvalue weighted by Gasteiger charge is -2.29. The summed E-state index contributed by atoms with van der Waals surface area (Å²) in [7, 11) is 0. The van der Waals surface area contributed by atoms with Gasteiger partial charge in [-0.25, -0.2) is 0 Å². The molecule has 0 radical (unpaired) electrons. The summed E-state index contributed by atoms with van der Waals surface area (Å²) in [5.41, 5.74) is -0.132. The molecule has 0 aromatic heterocycles. The van der Waals surface area contributed by atoms with E-state index in [9.17, 15) is 4.79 Å². The second-order valence-corrected chi connectivity index (χ2v) is 7.04. The summed E-state index contributed by atoms with van der Waals surface area (Å²) in [6, 6.07) is 0.520. The van der Waals surface area contributed by atoms with Gasteiger partial charge >= 0.3 is 0 Å². The Bertz CT molecular complexity index is 250. The highest BCUT2D eigenvalue weighted by atomic mass is 32.2. The zero-order chi connectivity index (χ0) is 12.9. The van der Waals surface area contributed by atoms with E-state index in [-0.39, 0.29) is 11.4 Å². The molecule has 0 spiro atoms. The number of rotatable bonds is 4. The first kappa shape index (κ1) is 14.8. The molecule has 0 aromatic carbocycles. The van der Waals surface area contributed by atoms with Crippen molar-refractivity contribution in [3.63, 3.8) is 0 Å². The average Bonchev–Trinajstić information content (AvgIpc) is 2.24. The molecule has 0 saturated heterocycles. The van der Waals surface area contributed by atoms with Crippen molar-refractivity contribution in [1.29, 1.82) is 0 Å². The molecule has 0 bridgehead atoms. The zero-order valence-electron chi connectivity index (χ0n) is 11.5. The van der Waals surface area contributed by atoms with Crippen LogP contribution in [-0.4, -0.2) is 35.5 Å². The lowest BCUT2D eigenvalue weighted by molar-refractivity contribution is -0.121. The number of carbonyl (C=O) groups is 1. The number of amides is 1. The van der Waals surface area contributed by atoms with E-state index in [0.717, 1.165) is 5.25 Å². The lowest BCUT2D eigenvalue weighted by atomic mass is 9.95. The second kappa shape index (κ2) is 6.64.